The standard InChI is InChI=1S/C11H15N3O2S/c1-3-15-5-4-9-13-11(16-14-9)10-7(2)6-8(12)17-10/h6H,3-5,12H2,1-2H3. The zero-order chi connectivity index (χ0) is 12.3. The summed E-state index contributed by atoms with van der Waals surface area (Å²) < 4.78 is 10.5. The van der Waals surface area contributed by atoms with E-state index in [9.17, 15) is 0 Å². The molecule has 0 amide bonds. The predicted octanol–water partition coefficient (Wildman–Crippen LogP) is 2.27. The summed E-state index contributed by atoms with van der Waals surface area (Å²) in [5.41, 5.74) is 6.79. The van der Waals surface area contributed by atoms with E-state index < -0.39 is 0 Å². The van der Waals surface area contributed by atoms with Crippen LogP contribution >= 0.6 is 11.3 Å². The molecule has 0 radical (unpaired) electrons. The number of hydrogen-bond donors (Lipinski definition) is 1. The van der Waals surface area contributed by atoms with Gasteiger partial charge in [-0.2, -0.15) is 4.98 Å². The second-order valence-electron chi connectivity index (χ2n) is 3.62. The van der Waals surface area contributed by atoms with Gasteiger partial charge in [-0.15, -0.1) is 11.3 Å². The molecule has 6 heteroatoms. The highest BCUT2D eigenvalue weighted by Gasteiger charge is 2.13. The number of hydrogen-bond acceptors (Lipinski definition) is 6. The van der Waals surface area contributed by atoms with E-state index in [2.05, 4.69) is 10.1 Å². The molecule has 2 aromatic rings. The summed E-state index contributed by atoms with van der Waals surface area (Å²) in [6, 6.07) is 1.91. The first-order valence-electron chi connectivity index (χ1n) is 5.47. The van der Waals surface area contributed by atoms with Crippen molar-refractivity contribution in [1.29, 1.82) is 0 Å². The average Bonchev–Trinajstić information content (AvgIpc) is 2.86. The van der Waals surface area contributed by atoms with Crippen molar-refractivity contribution in [3.8, 4) is 10.8 Å². The number of aromatic nitrogens is 2. The normalized spacial score (nSPS) is 10.9. The van der Waals surface area contributed by atoms with E-state index in [4.69, 9.17) is 15.0 Å². The topological polar surface area (TPSA) is 74.2 Å². The van der Waals surface area contributed by atoms with Crippen LogP contribution in [0, 0.1) is 6.92 Å². The van der Waals surface area contributed by atoms with Crippen LogP contribution in [0.4, 0.5) is 5.00 Å². The van der Waals surface area contributed by atoms with Crippen LogP contribution in [0.2, 0.25) is 0 Å². The van der Waals surface area contributed by atoms with Crippen molar-refractivity contribution >= 4 is 16.3 Å². The molecular formula is C11H15N3O2S. The van der Waals surface area contributed by atoms with Gasteiger partial charge in [-0.1, -0.05) is 5.16 Å². The Hall–Kier alpha value is -1.40. The van der Waals surface area contributed by atoms with Crippen LogP contribution in [0.3, 0.4) is 0 Å². The van der Waals surface area contributed by atoms with Crippen molar-refractivity contribution in [3.05, 3.63) is 17.5 Å². The molecule has 0 unspecified atom stereocenters. The van der Waals surface area contributed by atoms with Gasteiger partial charge in [0.15, 0.2) is 5.82 Å². The minimum atomic E-state index is 0.538. The molecule has 2 aromatic heterocycles. The fourth-order valence-corrected chi connectivity index (χ4v) is 2.34. The molecular weight excluding hydrogens is 238 g/mol. The van der Waals surface area contributed by atoms with Crippen LogP contribution in [-0.4, -0.2) is 23.4 Å². The lowest BCUT2D eigenvalue weighted by atomic mass is 10.3. The Labute approximate surface area is 104 Å². The maximum Gasteiger partial charge on any atom is 0.268 e. The summed E-state index contributed by atoms with van der Waals surface area (Å²) >= 11 is 1.46. The van der Waals surface area contributed by atoms with E-state index in [0.717, 1.165) is 15.4 Å². The van der Waals surface area contributed by atoms with Crippen molar-refractivity contribution in [2.75, 3.05) is 18.9 Å². The Bertz CT molecular complexity index is 493. The minimum Gasteiger partial charge on any atom is -0.391 e. The van der Waals surface area contributed by atoms with Crippen LogP contribution in [0.5, 0.6) is 0 Å². The third-order valence-corrected chi connectivity index (χ3v) is 3.33. The van der Waals surface area contributed by atoms with E-state index in [0.29, 0.717) is 31.3 Å². The molecule has 0 aromatic carbocycles. The molecule has 5 nitrogen and oxygen atoms in total. The van der Waals surface area contributed by atoms with Crippen LogP contribution in [0.15, 0.2) is 10.6 Å². The zero-order valence-corrected chi connectivity index (χ0v) is 10.7. The first-order chi connectivity index (χ1) is 8.20. The number of nitrogens with zero attached hydrogens (tertiary/aromatic N) is 2. The lowest BCUT2D eigenvalue weighted by Gasteiger charge is -1.94. The Kier molecular flexibility index (Phi) is 3.75. The third-order valence-electron chi connectivity index (χ3n) is 2.27. The molecule has 0 aliphatic heterocycles. The molecule has 0 saturated heterocycles. The highest BCUT2D eigenvalue weighted by Crippen LogP contribution is 2.32. The third kappa shape index (κ3) is 2.83. The maximum absolute atomic E-state index is 5.73. The van der Waals surface area contributed by atoms with E-state index in [1.807, 2.05) is 19.9 Å². The van der Waals surface area contributed by atoms with Gasteiger partial charge in [-0.05, 0) is 25.5 Å². The van der Waals surface area contributed by atoms with Crippen molar-refractivity contribution in [3.63, 3.8) is 0 Å². The molecule has 0 atom stereocenters. The van der Waals surface area contributed by atoms with Gasteiger partial charge in [0.2, 0.25) is 0 Å². The molecule has 0 aliphatic rings. The number of thiophene rings is 1. The Morgan fingerprint density at radius 2 is 2.35 bits per heavy atom. The Morgan fingerprint density at radius 1 is 1.53 bits per heavy atom. The molecule has 17 heavy (non-hydrogen) atoms. The van der Waals surface area contributed by atoms with Gasteiger partial charge in [0.1, 0.15) is 0 Å². The summed E-state index contributed by atoms with van der Waals surface area (Å²) in [6.07, 6.45) is 0.664. The van der Waals surface area contributed by atoms with Crippen LogP contribution in [0.1, 0.15) is 18.3 Å². The van der Waals surface area contributed by atoms with Crippen LogP contribution in [-0.2, 0) is 11.2 Å². The fourth-order valence-electron chi connectivity index (χ4n) is 1.47. The van der Waals surface area contributed by atoms with Crippen molar-refractivity contribution in [2.45, 2.75) is 20.3 Å². The lowest BCUT2D eigenvalue weighted by Crippen LogP contribution is -1.99. The van der Waals surface area contributed by atoms with Gasteiger partial charge in [0.25, 0.3) is 5.89 Å². The molecule has 2 rings (SSSR count). The zero-order valence-electron chi connectivity index (χ0n) is 9.90. The van der Waals surface area contributed by atoms with Crippen LogP contribution in [0.25, 0.3) is 10.8 Å². The van der Waals surface area contributed by atoms with Crippen LogP contribution < -0.4 is 5.73 Å². The first-order valence-corrected chi connectivity index (χ1v) is 6.29. The minimum absolute atomic E-state index is 0.538. The summed E-state index contributed by atoms with van der Waals surface area (Å²) in [5, 5.41) is 4.67. The molecule has 92 valence electrons. The van der Waals surface area contributed by atoms with Gasteiger partial charge >= 0.3 is 0 Å². The SMILES string of the molecule is CCOCCc1noc(-c2sc(N)cc2C)n1. The van der Waals surface area contributed by atoms with Gasteiger partial charge in [-0.3, -0.25) is 0 Å². The second kappa shape index (κ2) is 5.29. The number of rotatable bonds is 5. The predicted molar refractivity (Wildman–Crippen MR) is 67.0 cm³/mol. The van der Waals surface area contributed by atoms with E-state index in [1.165, 1.54) is 11.3 Å². The molecule has 2 heterocycles. The molecule has 2 N–H and O–H groups in total. The highest BCUT2D eigenvalue weighted by molar-refractivity contribution is 7.19. The lowest BCUT2D eigenvalue weighted by molar-refractivity contribution is 0.149. The monoisotopic (exact) mass is 253 g/mol. The van der Waals surface area contributed by atoms with Gasteiger partial charge in [-0.25, -0.2) is 0 Å². The van der Waals surface area contributed by atoms with E-state index in [1.54, 1.807) is 0 Å². The number of aryl methyl sites for hydroxylation is 1. The summed E-state index contributed by atoms with van der Waals surface area (Å²) in [6.45, 7) is 5.25. The highest BCUT2D eigenvalue weighted by atomic mass is 32.1. The number of anilines is 1. The van der Waals surface area contributed by atoms with Crippen molar-refractivity contribution in [2.24, 2.45) is 0 Å². The Morgan fingerprint density at radius 3 is 3.00 bits per heavy atom. The fraction of sp³-hybridized carbons (Fsp3) is 0.455. The first kappa shape index (κ1) is 12.1. The van der Waals surface area contributed by atoms with E-state index in [-0.39, 0.29) is 0 Å². The molecule has 0 spiro atoms. The summed E-state index contributed by atoms with van der Waals surface area (Å²) in [4.78, 5) is 5.27. The van der Waals surface area contributed by atoms with Crippen molar-refractivity contribution < 1.29 is 9.26 Å². The average molecular weight is 253 g/mol. The van der Waals surface area contributed by atoms with Gasteiger partial charge < -0.3 is 15.0 Å². The molecule has 0 saturated carbocycles. The number of nitrogen functional groups attached to an aromatic ring is 1. The largest absolute Gasteiger partial charge is 0.391 e. The molecule has 0 bridgehead atoms. The summed E-state index contributed by atoms with van der Waals surface area (Å²) in [5.74, 6) is 1.20. The maximum atomic E-state index is 5.73. The molecule has 0 aliphatic carbocycles. The van der Waals surface area contributed by atoms with E-state index >= 15 is 0 Å². The molecule has 0 fully saturated rings. The number of ether oxygens (including phenoxy) is 1. The quantitative estimate of drug-likeness (QED) is 0.827. The number of nitrogens with two attached hydrogens (primary N) is 1. The smallest absolute Gasteiger partial charge is 0.268 e. The Balaban J connectivity index is 2.10. The van der Waals surface area contributed by atoms with Gasteiger partial charge in [0, 0.05) is 13.0 Å². The van der Waals surface area contributed by atoms with Gasteiger partial charge in [0.05, 0.1) is 16.5 Å². The van der Waals surface area contributed by atoms with Crippen molar-refractivity contribution in [1.82, 2.24) is 10.1 Å². The second-order valence-corrected chi connectivity index (χ2v) is 4.71. The summed E-state index contributed by atoms with van der Waals surface area (Å²) in [7, 11) is 0.